The number of unbranched alkanes of at least 4 members (excludes halogenated alkanes) is 2. The topological polar surface area (TPSA) is 99.7 Å². The summed E-state index contributed by atoms with van der Waals surface area (Å²) in [5, 5.41) is 29.9. The van der Waals surface area contributed by atoms with Gasteiger partial charge in [0.1, 0.15) is 12.4 Å². The second-order valence-electron chi connectivity index (χ2n) is 8.68. The van der Waals surface area contributed by atoms with E-state index in [2.05, 4.69) is 31.1 Å². The SMILES string of the molecule is COc1cc(NCCCCCNc2ccc(N=Nc3scc[n+]3C)c(OC)c2)ccc1N=Nc1scc[n+]1C. The molecular weight excluding hydrogens is 532 g/mol. The number of anilines is 2. The van der Waals surface area contributed by atoms with Crippen LogP contribution in [0.15, 0.2) is 80.0 Å². The Hall–Kier alpha value is -3.90. The molecule has 0 saturated heterocycles. The number of hydrogen-bond acceptors (Lipinski definition) is 10. The van der Waals surface area contributed by atoms with E-state index in [4.69, 9.17) is 9.47 Å². The van der Waals surface area contributed by atoms with Gasteiger partial charge in [-0.15, -0.1) is 0 Å². The molecule has 204 valence electrons. The molecule has 0 amide bonds. The van der Waals surface area contributed by atoms with Crippen molar-refractivity contribution in [1.29, 1.82) is 0 Å². The second-order valence-corrected chi connectivity index (χ2v) is 10.4. The molecule has 2 aromatic carbocycles. The third-order valence-corrected chi connectivity index (χ3v) is 7.55. The summed E-state index contributed by atoms with van der Waals surface area (Å²) >= 11 is 3.08. The summed E-state index contributed by atoms with van der Waals surface area (Å²) in [7, 11) is 7.19. The Kier molecular flexibility index (Phi) is 10.3. The number of rotatable bonds is 14. The Morgan fingerprint density at radius 3 is 1.51 bits per heavy atom. The fraction of sp³-hybridized carbons (Fsp3) is 0.333. The van der Waals surface area contributed by atoms with E-state index >= 15 is 0 Å². The van der Waals surface area contributed by atoms with Crippen LogP contribution in [-0.4, -0.2) is 27.3 Å². The summed E-state index contributed by atoms with van der Waals surface area (Å²) < 4.78 is 14.9. The Morgan fingerprint density at radius 2 is 1.13 bits per heavy atom. The molecule has 12 heteroatoms. The summed E-state index contributed by atoms with van der Waals surface area (Å²) in [4.78, 5) is 0. The highest BCUT2D eigenvalue weighted by Gasteiger charge is 2.12. The fourth-order valence-corrected chi connectivity index (χ4v) is 5.03. The highest BCUT2D eigenvalue weighted by atomic mass is 32.1. The third kappa shape index (κ3) is 8.04. The normalized spacial score (nSPS) is 11.4. The maximum absolute atomic E-state index is 5.52. The molecule has 0 unspecified atom stereocenters. The number of hydrogen-bond donors (Lipinski definition) is 2. The number of ether oxygens (including phenoxy) is 2. The van der Waals surface area contributed by atoms with E-state index in [-0.39, 0.29) is 0 Å². The molecule has 0 aliphatic carbocycles. The van der Waals surface area contributed by atoms with Crippen LogP contribution < -0.4 is 29.2 Å². The van der Waals surface area contributed by atoms with Crippen LogP contribution in [0.2, 0.25) is 0 Å². The molecule has 10 nitrogen and oxygen atoms in total. The lowest BCUT2D eigenvalue weighted by Crippen LogP contribution is -2.23. The summed E-state index contributed by atoms with van der Waals surface area (Å²) in [5.41, 5.74) is 3.41. The molecule has 0 saturated carbocycles. The van der Waals surface area contributed by atoms with Gasteiger partial charge >= 0.3 is 10.3 Å². The highest BCUT2D eigenvalue weighted by molar-refractivity contribution is 7.13. The maximum atomic E-state index is 5.52. The third-order valence-electron chi connectivity index (χ3n) is 5.88. The van der Waals surface area contributed by atoms with Gasteiger partial charge in [0.15, 0.2) is 22.9 Å². The molecule has 4 aromatic rings. The monoisotopic (exact) mass is 566 g/mol. The van der Waals surface area contributed by atoms with Crippen LogP contribution in [0.1, 0.15) is 19.3 Å². The molecule has 4 rings (SSSR count). The Bertz CT molecular complexity index is 1310. The predicted molar refractivity (Wildman–Crippen MR) is 156 cm³/mol. The standard InChI is InChI=1S/C27H32N8O2S2/c1-34-14-16-38-26(34)32-30-22-10-8-20(18-24(22)36-3)28-12-6-5-7-13-29-21-9-11-23(25(19-21)37-4)31-33-27-35(2)15-17-39-27/h8-11,14-19H,5-7,12-13H2,1-4H3/p+2. The Morgan fingerprint density at radius 1 is 0.667 bits per heavy atom. The average Bonchev–Trinajstić information content (AvgIpc) is 3.57. The zero-order valence-electron chi connectivity index (χ0n) is 22.6. The first kappa shape index (κ1) is 28.1. The van der Waals surface area contributed by atoms with Crippen molar-refractivity contribution in [3.05, 3.63) is 59.6 Å². The quantitative estimate of drug-likeness (QED) is 0.0975. The van der Waals surface area contributed by atoms with E-state index in [1.54, 1.807) is 14.2 Å². The number of azo groups is 2. The molecule has 2 heterocycles. The zero-order valence-corrected chi connectivity index (χ0v) is 24.3. The summed E-state index contributed by atoms with van der Waals surface area (Å²) in [6.07, 6.45) is 7.12. The molecule has 0 bridgehead atoms. The van der Waals surface area contributed by atoms with Gasteiger partial charge in [0.05, 0.1) is 38.5 Å². The van der Waals surface area contributed by atoms with Crippen molar-refractivity contribution >= 4 is 55.7 Å². The molecule has 2 aromatic heterocycles. The first-order chi connectivity index (χ1) is 19.1. The molecule has 39 heavy (non-hydrogen) atoms. The predicted octanol–water partition coefficient (Wildman–Crippen LogP) is 7.00. The Balaban J connectivity index is 1.18. The van der Waals surface area contributed by atoms with Crippen LogP contribution in [-0.2, 0) is 14.1 Å². The molecule has 0 fully saturated rings. The number of thiazole rings is 2. The van der Waals surface area contributed by atoms with Crippen LogP contribution in [0.5, 0.6) is 11.5 Å². The molecule has 0 aliphatic heterocycles. The lowest BCUT2D eigenvalue weighted by molar-refractivity contribution is -0.654. The van der Waals surface area contributed by atoms with Crippen molar-refractivity contribution in [3.8, 4) is 11.5 Å². The molecule has 0 radical (unpaired) electrons. The van der Waals surface area contributed by atoms with Gasteiger partial charge in [0.25, 0.3) is 0 Å². The van der Waals surface area contributed by atoms with Crippen molar-refractivity contribution in [2.75, 3.05) is 37.9 Å². The minimum atomic E-state index is 0.690. The van der Waals surface area contributed by atoms with Crippen molar-refractivity contribution in [1.82, 2.24) is 0 Å². The second kappa shape index (κ2) is 14.3. The minimum Gasteiger partial charge on any atom is -0.494 e. The number of nitrogens with one attached hydrogen (secondary N) is 2. The molecule has 0 spiro atoms. The van der Waals surface area contributed by atoms with E-state index in [1.165, 1.54) is 22.7 Å². The number of methoxy groups -OCH3 is 2. The van der Waals surface area contributed by atoms with Gasteiger partial charge in [-0.25, -0.2) is 9.13 Å². The highest BCUT2D eigenvalue weighted by Crippen LogP contribution is 2.33. The van der Waals surface area contributed by atoms with Gasteiger partial charge in [0.2, 0.25) is 0 Å². The van der Waals surface area contributed by atoms with E-state index in [0.29, 0.717) is 22.9 Å². The summed E-state index contributed by atoms with van der Waals surface area (Å²) in [5.74, 6) is 1.38. The van der Waals surface area contributed by atoms with E-state index in [1.807, 2.05) is 82.8 Å². The Labute approximate surface area is 236 Å². The van der Waals surface area contributed by atoms with Crippen molar-refractivity contribution < 1.29 is 18.6 Å². The lowest BCUT2D eigenvalue weighted by atomic mass is 10.2. The fourth-order valence-electron chi connectivity index (χ4n) is 3.67. The van der Waals surface area contributed by atoms with E-state index < -0.39 is 0 Å². The van der Waals surface area contributed by atoms with Crippen molar-refractivity contribution in [2.45, 2.75) is 19.3 Å². The number of benzene rings is 2. The molecule has 0 aliphatic rings. The number of nitrogens with zero attached hydrogens (tertiary/aromatic N) is 6. The van der Waals surface area contributed by atoms with Gasteiger partial charge in [-0.3, -0.25) is 0 Å². The molecule has 0 atom stereocenters. The molecular formula is C27H34N8O2S2+2. The van der Waals surface area contributed by atoms with Gasteiger partial charge < -0.3 is 20.1 Å². The minimum absolute atomic E-state index is 0.690. The largest absolute Gasteiger partial charge is 0.494 e. The van der Waals surface area contributed by atoms with Crippen LogP contribution in [0.3, 0.4) is 0 Å². The van der Waals surface area contributed by atoms with Gasteiger partial charge in [0, 0.05) is 47.4 Å². The number of aromatic nitrogens is 2. The lowest BCUT2D eigenvalue weighted by Gasteiger charge is -2.10. The zero-order chi connectivity index (χ0) is 27.5. The summed E-state index contributed by atoms with van der Waals surface area (Å²) in [6.45, 7) is 1.76. The van der Waals surface area contributed by atoms with Crippen molar-refractivity contribution in [2.24, 2.45) is 34.6 Å². The van der Waals surface area contributed by atoms with Crippen LogP contribution >= 0.6 is 22.7 Å². The first-order valence-electron chi connectivity index (χ1n) is 12.6. The smallest absolute Gasteiger partial charge is 0.408 e. The maximum Gasteiger partial charge on any atom is 0.408 e. The van der Waals surface area contributed by atoms with Crippen LogP contribution in [0.25, 0.3) is 0 Å². The van der Waals surface area contributed by atoms with Crippen LogP contribution in [0, 0.1) is 0 Å². The first-order valence-corrected chi connectivity index (χ1v) is 14.4. The average molecular weight is 567 g/mol. The summed E-state index contributed by atoms with van der Waals surface area (Å²) in [6, 6.07) is 11.8. The van der Waals surface area contributed by atoms with Crippen molar-refractivity contribution in [3.63, 3.8) is 0 Å². The number of aryl methyl sites for hydroxylation is 2. The van der Waals surface area contributed by atoms with Gasteiger partial charge in [-0.2, -0.15) is 0 Å². The molecule has 2 N–H and O–H groups in total. The van der Waals surface area contributed by atoms with E-state index in [9.17, 15) is 0 Å². The van der Waals surface area contributed by atoms with Gasteiger partial charge in [-0.1, -0.05) is 0 Å². The van der Waals surface area contributed by atoms with E-state index in [0.717, 1.165) is 54.0 Å². The van der Waals surface area contributed by atoms with Gasteiger partial charge in [-0.05, 0) is 76.4 Å². The van der Waals surface area contributed by atoms with Crippen LogP contribution in [0.4, 0.5) is 33.0 Å².